The Morgan fingerprint density at radius 2 is 1.92 bits per heavy atom. The maximum Gasteiger partial charge on any atom is 0.246 e. The van der Waals surface area contributed by atoms with Crippen LogP contribution >= 0.6 is 0 Å². The predicted octanol–water partition coefficient (Wildman–Crippen LogP) is 3.05. The van der Waals surface area contributed by atoms with E-state index in [1.807, 2.05) is 32.0 Å². The average molecular weight is 539 g/mol. The van der Waals surface area contributed by atoms with Gasteiger partial charge in [0.05, 0.1) is 18.8 Å². The van der Waals surface area contributed by atoms with Crippen molar-refractivity contribution in [2.24, 2.45) is 4.99 Å². The Morgan fingerprint density at radius 1 is 1.18 bits per heavy atom. The van der Waals surface area contributed by atoms with Gasteiger partial charge in [0.25, 0.3) is 0 Å². The van der Waals surface area contributed by atoms with Gasteiger partial charge in [-0.1, -0.05) is 26.0 Å². The van der Waals surface area contributed by atoms with Crippen LogP contribution in [-0.4, -0.2) is 95.2 Å². The number of nitrogens with one attached hydrogen (secondary N) is 1. The van der Waals surface area contributed by atoms with Gasteiger partial charge in [-0.2, -0.15) is 0 Å². The number of carbonyl (C=O) groups is 1. The summed E-state index contributed by atoms with van der Waals surface area (Å²) >= 11 is 0. The van der Waals surface area contributed by atoms with Crippen molar-refractivity contribution in [1.29, 1.82) is 0 Å². The van der Waals surface area contributed by atoms with E-state index in [1.54, 1.807) is 19.3 Å². The molecule has 1 N–H and O–H groups in total. The molecule has 0 unspecified atom stereocenters. The summed E-state index contributed by atoms with van der Waals surface area (Å²) < 4.78 is 39.4. The second kappa shape index (κ2) is 9.92. The Hall–Kier alpha value is -3.05. The third-order valence-corrected chi connectivity index (χ3v) is 9.32. The number of hydrogen-bond donors (Lipinski definition) is 1. The molecular weight excluding hydrogens is 504 g/mol. The molecule has 5 rings (SSSR count). The molecule has 202 valence electrons. The van der Waals surface area contributed by atoms with Gasteiger partial charge in [-0.3, -0.25) is 14.7 Å². The van der Waals surface area contributed by atoms with E-state index < -0.39 is 15.4 Å². The first-order valence-corrected chi connectivity index (χ1v) is 14.2. The Balaban J connectivity index is 1.61. The fourth-order valence-corrected chi connectivity index (χ4v) is 6.34. The number of ether oxygens (including phenoxy) is 2. The molecule has 0 amide bonds. The minimum atomic E-state index is -3.88. The fourth-order valence-electron chi connectivity index (χ4n) is 5.30. The van der Waals surface area contributed by atoms with Gasteiger partial charge in [0, 0.05) is 74.6 Å². The largest absolute Gasteiger partial charge is 0.491 e. The van der Waals surface area contributed by atoms with Crippen molar-refractivity contribution >= 4 is 32.9 Å². The monoisotopic (exact) mass is 538 g/mol. The van der Waals surface area contributed by atoms with Crippen molar-refractivity contribution < 1.29 is 22.7 Å². The van der Waals surface area contributed by atoms with Gasteiger partial charge >= 0.3 is 0 Å². The molecule has 0 radical (unpaired) electrons. The summed E-state index contributed by atoms with van der Waals surface area (Å²) in [4.78, 5) is 23.7. The number of aromatic amines is 1. The Bertz CT molecular complexity index is 1530. The lowest BCUT2D eigenvalue weighted by Gasteiger charge is -2.33. The van der Waals surface area contributed by atoms with E-state index in [2.05, 4.69) is 14.9 Å². The van der Waals surface area contributed by atoms with E-state index in [9.17, 15) is 13.2 Å². The zero-order valence-electron chi connectivity index (χ0n) is 22.5. The smallest absolute Gasteiger partial charge is 0.246 e. The highest BCUT2D eigenvalue weighted by atomic mass is 32.2. The number of carbonyl (C=O) groups excluding carboxylic acids is 1. The number of nitrogens with zero attached hydrogens (tertiary/aromatic N) is 3. The minimum absolute atomic E-state index is 0.00267. The first-order valence-electron chi connectivity index (χ1n) is 12.7. The Morgan fingerprint density at radius 3 is 2.61 bits per heavy atom. The number of fused-ring (bicyclic) bond motifs is 4. The summed E-state index contributed by atoms with van der Waals surface area (Å²) in [5.41, 5.74) is 3.66. The molecule has 10 heteroatoms. The van der Waals surface area contributed by atoms with Crippen molar-refractivity contribution in [1.82, 2.24) is 14.2 Å². The number of ketones is 1. The molecule has 3 aromatic rings. The average Bonchev–Trinajstić information content (AvgIpc) is 3.28. The van der Waals surface area contributed by atoms with E-state index in [-0.39, 0.29) is 16.4 Å². The lowest BCUT2D eigenvalue weighted by molar-refractivity contribution is 0.0321. The highest BCUT2D eigenvalue weighted by molar-refractivity contribution is 7.89. The summed E-state index contributed by atoms with van der Waals surface area (Å²) in [6, 6.07) is 9.05. The topological polar surface area (TPSA) is 104 Å². The normalized spacial score (nSPS) is 17.8. The van der Waals surface area contributed by atoms with E-state index in [0.717, 1.165) is 45.1 Å². The van der Waals surface area contributed by atoms with Gasteiger partial charge in [-0.15, -0.1) is 0 Å². The Kier molecular flexibility index (Phi) is 6.93. The van der Waals surface area contributed by atoms with E-state index in [1.165, 1.54) is 20.2 Å². The highest BCUT2D eigenvalue weighted by Gasteiger charge is 2.41. The van der Waals surface area contributed by atoms with Crippen molar-refractivity contribution in [3.63, 3.8) is 0 Å². The first-order chi connectivity index (χ1) is 18.1. The van der Waals surface area contributed by atoms with Gasteiger partial charge in [-0.25, -0.2) is 12.7 Å². The van der Waals surface area contributed by atoms with Crippen LogP contribution in [0.15, 0.2) is 40.2 Å². The number of benzene rings is 2. The summed E-state index contributed by atoms with van der Waals surface area (Å²) in [5, 5.41) is 0.805. The molecule has 2 aliphatic rings. The summed E-state index contributed by atoms with van der Waals surface area (Å²) in [6.45, 7) is 8.03. The molecule has 0 spiro atoms. The molecule has 9 nitrogen and oxygen atoms in total. The highest BCUT2D eigenvalue weighted by Crippen LogP contribution is 2.46. The molecular formula is C28H34N4O5S. The predicted molar refractivity (Wildman–Crippen MR) is 147 cm³/mol. The van der Waals surface area contributed by atoms with Crippen LogP contribution in [0.25, 0.3) is 10.9 Å². The third kappa shape index (κ3) is 4.45. The summed E-state index contributed by atoms with van der Waals surface area (Å²) in [5.74, 6) is 0.0557. The zero-order valence-corrected chi connectivity index (χ0v) is 23.3. The van der Waals surface area contributed by atoms with E-state index in [0.29, 0.717) is 37.5 Å². The van der Waals surface area contributed by atoms with Crippen LogP contribution in [-0.2, 0) is 20.2 Å². The lowest BCUT2D eigenvalue weighted by atomic mass is 9.71. The number of H-pyrrole nitrogens is 1. The molecule has 1 aromatic heterocycles. The standard InChI is InChI=1S/C28H34N4O5S/c1-28(2)21-16-23(37-13-10-32-8-11-36-12-9-32)24(38(34,35)31(4)5)15-20(21)26(33)25-19-7-6-18(17-29-3)14-22(19)30-27(25)28/h6-7,14-17,30H,8-13H2,1-5H3. The second-order valence-corrected chi connectivity index (χ2v) is 12.6. The number of morpholine rings is 1. The summed E-state index contributed by atoms with van der Waals surface area (Å²) in [6.07, 6.45) is 1.76. The van der Waals surface area contributed by atoms with Gasteiger partial charge in [0.1, 0.15) is 17.3 Å². The van der Waals surface area contributed by atoms with Crippen LogP contribution in [0.4, 0.5) is 0 Å². The fraction of sp³-hybridized carbons (Fsp3) is 0.429. The molecule has 0 saturated carbocycles. The van der Waals surface area contributed by atoms with Crippen molar-refractivity contribution in [2.75, 3.05) is 60.6 Å². The molecule has 0 atom stereocenters. The minimum Gasteiger partial charge on any atom is -0.491 e. The van der Waals surface area contributed by atoms with Crippen molar-refractivity contribution in [3.05, 3.63) is 58.3 Å². The van der Waals surface area contributed by atoms with Gasteiger partial charge < -0.3 is 14.5 Å². The SMILES string of the molecule is CN=Cc1ccc2c3c([nH]c2c1)C(C)(C)c1cc(OCCN2CCOCC2)c(S(=O)(=O)N(C)C)cc1C3=O. The second-order valence-electron chi connectivity index (χ2n) is 10.5. The maximum absolute atomic E-state index is 13.9. The van der Waals surface area contributed by atoms with Crippen LogP contribution in [0.3, 0.4) is 0 Å². The van der Waals surface area contributed by atoms with Gasteiger partial charge in [-0.05, 0) is 29.3 Å². The van der Waals surface area contributed by atoms with Gasteiger partial charge in [0.15, 0.2) is 5.78 Å². The Labute approximate surface area is 223 Å². The molecule has 1 aliphatic carbocycles. The molecule has 1 fully saturated rings. The number of aromatic nitrogens is 1. The number of rotatable bonds is 7. The van der Waals surface area contributed by atoms with Crippen LogP contribution in [0.5, 0.6) is 5.75 Å². The van der Waals surface area contributed by atoms with E-state index >= 15 is 0 Å². The number of aliphatic imine (C=N–C) groups is 1. The molecule has 0 bridgehead atoms. The summed E-state index contributed by atoms with van der Waals surface area (Å²) in [7, 11) is 0.799. The van der Waals surface area contributed by atoms with E-state index in [4.69, 9.17) is 9.47 Å². The molecule has 38 heavy (non-hydrogen) atoms. The van der Waals surface area contributed by atoms with Gasteiger partial charge in [0.2, 0.25) is 10.0 Å². The third-order valence-electron chi connectivity index (χ3n) is 7.48. The maximum atomic E-state index is 13.9. The lowest BCUT2D eigenvalue weighted by Crippen LogP contribution is -2.38. The zero-order chi connectivity index (χ0) is 27.2. The van der Waals surface area contributed by atoms with Crippen LogP contribution in [0.2, 0.25) is 0 Å². The molecule has 2 aromatic carbocycles. The first kappa shape index (κ1) is 26.6. The van der Waals surface area contributed by atoms with Crippen molar-refractivity contribution in [3.8, 4) is 5.75 Å². The quantitative estimate of drug-likeness (QED) is 0.464. The molecule has 2 heterocycles. The van der Waals surface area contributed by atoms with Crippen LogP contribution < -0.4 is 4.74 Å². The molecule has 1 aliphatic heterocycles. The number of sulfonamides is 1. The molecule has 1 saturated heterocycles. The number of hydrogen-bond acceptors (Lipinski definition) is 7. The van der Waals surface area contributed by atoms with Crippen LogP contribution in [0.1, 0.15) is 46.6 Å². The van der Waals surface area contributed by atoms with Crippen molar-refractivity contribution in [2.45, 2.75) is 24.2 Å². The van der Waals surface area contributed by atoms with Crippen LogP contribution in [0, 0.1) is 0 Å².